The van der Waals surface area contributed by atoms with Gasteiger partial charge in [-0.3, -0.25) is 9.52 Å². The Morgan fingerprint density at radius 3 is 2.48 bits per heavy atom. The summed E-state index contributed by atoms with van der Waals surface area (Å²) in [5, 5.41) is 0.460. The lowest BCUT2D eigenvalue weighted by Gasteiger charge is -2.26. The SMILES string of the molecule is Cc1ccc(Cl)cc1NS(=O)(=O)c1ccc(N2CCCCC2=O)cc1. The molecule has 0 atom stereocenters. The van der Waals surface area contributed by atoms with Crippen molar-refractivity contribution in [2.45, 2.75) is 31.1 Å². The van der Waals surface area contributed by atoms with Gasteiger partial charge in [-0.25, -0.2) is 8.42 Å². The highest BCUT2D eigenvalue weighted by atomic mass is 35.5. The first-order valence-corrected chi connectivity index (χ1v) is 9.92. The fraction of sp³-hybridized carbons (Fsp3) is 0.278. The maximum Gasteiger partial charge on any atom is 0.261 e. The number of carbonyl (C=O) groups excluding carboxylic acids is 1. The number of amides is 1. The molecule has 25 heavy (non-hydrogen) atoms. The number of aryl methyl sites for hydroxylation is 1. The Bertz CT molecular complexity index is 895. The molecule has 0 radical (unpaired) electrons. The number of hydrogen-bond acceptors (Lipinski definition) is 3. The zero-order chi connectivity index (χ0) is 18.0. The molecule has 0 aliphatic carbocycles. The molecule has 0 saturated carbocycles. The average Bonchev–Trinajstić information content (AvgIpc) is 2.58. The highest BCUT2D eigenvalue weighted by Gasteiger charge is 2.21. The van der Waals surface area contributed by atoms with Crippen LogP contribution in [0.15, 0.2) is 47.4 Å². The van der Waals surface area contributed by atoms with Gasteiger partial charge in [-0.15, -0.1) is 0 Å². The molecule has 132 valence electrons. The third-order valence-corrected chi connectivity index (χ3v) is 5.84. The van der Waals surface area contributed by atoms with Crippen LogP contribution in [0.5, 0.6) is 0 Å². The first-order chi connectivity index (χ1) is 11.9. The van der Waals surface area contributed by atoms with Crippen molar-refractivity contribution in [2.24, 2.45) is 0 Å². The zero-order valence-electron chi connectivity index (χ0n) is 13.8. The molecule has 3 rings (SSSR count). The van der Waals surface area contributed by atoms with E-state index >= 15 is 0 Å². The number of sulfonamides is 1. The molecule has 2 aromatic carbocycles. The molecule has 0 spiro atoms. The molecular weight excluding hydrogens is 360 g/mol. The molecule has 0 bridgehead atoms. The van der Waals surface area contributed by atoms with Gasteiger partial charge < -0.3 is 4.90 Å². The average molecular weight is 379 g/mol. The highest BCUT2D eigenvalue weighted by Crippen LogP contribution is 2.26. The second-order valence-electron chi connectivity index (χ2n) is 6.06. The molecule has 1 N–H and O–H groups in total. The lowest BCUT2D eigenvalue weighted by molar-refractivity contribution is -0.119. The van der Waals surface area contributed by atoms with Crippen LogP contribution in [0.4, 0.5) is 11.4 Å². The quantitative estimate of drug-likeness (QED) is 0.875. The molecule has 0 unspecified atom stereocenters. The standard InChI is InChI=1S/C18H19ClN2O3S/c1-13-5-6-14(19)12-17(13)20-25(23,24)16-9-7-15(8-10-16)21-11-3-2-4-18(21)22/h5-10,12,20H,2-4,11H2,1H3. The number of nitrogens with zero attached hydrogens (tertiary/aromatic N) is 1. The van der Waals surface area contributed by atoms with E-state index in [0.29, 0.717) is 23.7 Å². The lowest BCUT2D eigenvalue weighted by Crippen LogP contribution is -2.35. The number of rotatable bonds is 4. The Balaban J connectivity index is 1.83. The summed E-state index contributed by atoms with van der Waals surface area (Å²) in [5.41, 5.74) is 1.95. The Labute approximate surface area is 152 Å². The summed E-state index contributed by atoms with van der Waals surface area (Å²) in [6.45, 7) is 2.48. The summed E-state index contributed by atoms with van der Waals surface area (Å²) < 4.78 is 27.7. The van der Waals surface area contributed by atoms with Crippen LogP contribution in [0.25, 0.3) is 0 Å². The highest BCUT2D eigenvalue weighted by molar-refractivity contribution is 7.92. The molecule has 1 amide bonds. The van der Waals surface area contributed by atoms with Crippen molar-refractivity contribution in [1.29, 1.82) is 0 Å². The summed E-state index contributed by atoms with van der Waals surface area (Å²) >= 11 is 5.94. The minimum absolute atomic E-state index is 0.0783. The van der Waals surface area contributed by atoms with Gasteiger partial charge in [-0.05, 0) is 61.7 Å². The van der Waals surface area contributed by atoms with E-state index in [-0.39, 0.29) is 10.8 Å². The predicted molar refractivity (Wildman–Crippen MR) is 99.6 cm³/mol. The first-order valence-electron chi connectivity index (χ1n) is 8.06. The van der Waals surface area contributed by atoms with Gasteiger partial charge in [0, 0.05) is 23.7 Å². The molecule has 1 fully saturated rings. The Kier molecular flexibility index (Phi) is 5.01. The minimum atomic E-state index is -3.73. The number of benzene rings is 2. The van der Waals surface area contributed by atoms with Gasteiger partial charge in [-0.1, -0.05) is 17.7 Å². The molecular formula is C18H19ClN2O3S. The Morgan fingerprint density at radius 1 is 1.08 bits per heavy atom. The van der Waals surface area contributed by atoms with Crippen molar-refractivity contribution in [2.75, 3.05) is 16.2 Å². The van der Waals surface area contributed by atoms with E-state index in [9.17, 15) is 13.2 Å². The predicted octanol–water partition coefficient (Wildman–Crippen LogP) is 3.97. The van der Waals surface area contributed by atoms with Crippen LogP contribution in [0.1, 0.15) is 24.8 Å². The topological polar surface area (TPSA) is 66.5 Å². The van der Waals surface area contributed by atoms with Gasteiger partial charge in [0.05, 0.1) is 10.6 Å². The molecule has 1 aliphatic rings. The second-order valence-corrected chi connectivity index (χ2v) is 8.18. The van der Waals surface area contributed by atoms with Crippen molar-refractivity contribution < 1.29 is 13.2 Å². The fourth-order valence-corrected chi connectivity index (χ4v) is 4.09. The summed E-state index contributed by atoms with van der Waals surface area (Å²) in [5.74, 6) is 0.0783. The van der Waals surface area contributed by atoms with E-state index in [4.69, 9.17) is 11.6 Å². The summed E-state index contributed by atoms with van der Waals surface area (Å²) in [6.07, 6.45) is 2.40. The van der Waals surface area contributed by atoms with Crippen LogP contribution in [-0.2, 0) is 14.8 Å². The summed E-state index contributed by atoms with van der Waals surface area (Å²) in [7, 11) is -3.73. The van der Waals surface area contributed by atoms with Crippen molar-refractivity contribution in [3.05, 3.63) is 53.1 Å². The summed E-state index contributed by atoms with van der Waals surface area (Å²) in [6, 6.07) is 11.4. The molecule has 2 aromatic rings. The van der Waals surface area contributed by atoms with E-state index in [1.54, 1.807) is 42.2 Å². The van der Waals surface area contributed by atoms with Crippen LogP contribution in [-0.4, -0.2) is 20.9 Å². The van der Waals surface area contributed by atoms with Crippen LogP contribution < -0.4 is 9.62 Å². The normalized spacial score (nSPS) is 15.3. The van der Waals surface area contributed by atoms with Gasteiger partial charge in [0.2, 0.25) is 5.91 Å². The zero-order valence-corrected chi connectivity index (χ0v) is 15.4. The fourth-order valence-electron chi connectivity index (χ4n) is 2.79. The van der Waals surface area contributed by atoms with Crippen LogP contribution in [0.2, 0.25) is 5.02 Å². The first kappa shape index (κ1) is 17.8. The number of hydrogen-bond donors (Lipinski definition) is 1. The molecule has 1 aliphatic heterocycles. The van der Waals surface area contributed by atoms with E-state index in [1.165, 1.54) is 12.1 Å². The van der Waals surface area contributed by atoms with E-state index < -0.39 is 10.0 Å². The molecule has 1 saturated heterocycles. The maximum atomic E-state index is 12.6. The largest absolute Gasteiger partial charge is 0.312 e. The van der Waals surface area contributed by atoms with Crippen molar-refractivity contribution in [1.82, 2.24) is 0 Å². The van der Waals surface area contributed by atoms with Crippen molar-refractivity contribution in [3.8, 4) is 0 Å². The monoisotopic (exact) mass is 378 g/mol. The maximum absolute atomic E-state index is 12.6. The molecule has 0 aromatic heterocycles. The number of carbonyl (C=O) groups is 1. The van der Waals surface area contributed by atoms with E-state index in [2.05, 4.69) is 4.72 Å². The van der Waals surface area contributed by atoms with Crippen molar-refractivity contribution >= 4 is 38.9 Å². The van der Waals surface area contributed by atoms with Gasteiger partial charge in [0.15, 0.2) is 0 Å². The Morgan fingerprint density at radius 2 is 1.80 bits per heavy atom. The second kappa shape index (κ2) is 7.06. The van der Waals surface area contributed by atoms with E-state index in [1.807, 2.05) is 0 Å². The van der Waals surface area contributed by atoms with Crippen LogP contribution in [0, 0.1) is 6.92 Å². The summed E-state index contributed by atoms with van der Waals surface area (Å²) in [4.78, 5) is 13.8. The van der Waals surface area contributed by atoms with Gasteiger partial charge >= 0.3 is 0 Å². The smallest absolute Gasteiger partial charge is 0.261 e. The number of nitrogens with one attached hydrogen (secondary N) is 1. The van der Waals surface area contributed by atoms with Crippen LogP contribution in [0.3, 0.4) is 0 Å². The van der Waals surface area contributed by atoms with Gasteiger partial charge in [0.25, 0.3) is 10.0 Å². The third kappa shape index (κ3) is 3.96. The molecule has 7 heteroatoms. The molecule has 1 heterocycles. The molecule has 5 nitrogen and oxygen atoms in total. The van der Waals surface area contributed by atoms with Gasteiger partial charge in [0.1, 0.15) is 0 Å². The van der Waals surface area contributed by atoms with Crippen LogP contribution >= 0.6 is 11.6 Å². The lowest BCUT2D eigenvalue weighted by atomic mass is 10.1. The number of halogens is 1. The number of anilines is 2. The van der Waals surface area contributed by atoms with Crippen molar-refractivity contribution in [3.63, 3.8) is 0 Å². The van der Waals surface area contributed by atoms with Gasteiger partial charge in [-0.2, -0.15) is 0 Å². The Hall–Kier alpha value is -2.05. The van der Waals surface area contributed by atoms with E-state index in [0.717, 1.165) is 24.1 Å². The number of piperidine rings is 1. The third-order valence-electron chi connectivity index (χ3n) is 4.23. The minimum Gasteiger partial charge on any atom is -0.312 e.